The molecule has 1 aromatic carbocycles. The summed E-state index contributed by atoms with van der Waals surface area (Å²) in [4.78, 5) is 24.0. The van der Waals surface area contributed by atoms with Crippen molar-refractivity contribution in [1.82, 2.24) is 4.90 Å². The molecule has 0 saturated heterocycles. The standard InChI is InChI=1S/C12H11Cl2FN2O3/c13-8-3-6(4-9(14)11(8)15)16-12(20)17(5-10(18)19)7-1-2-7/h3-4,7H,1-2,5H2,(H,16,20)(H,18,19). The molecule has 0 unspecified atom stereocenters. The van der Waals surface area contributed by atoms with E-state index in [1.54, 1.807) is 0 Å². The predicted octanol–water partition coefficient (Wildman–Crippen LogP) is 3.21. The van der Waals surface area contributed by atoms with Gasteiger partial charge in [-0.2, -0.15) is 0 Å². The number of carbonyl (C=O) groups excluding carboxylic acids is 1. The maximum absolute atomic E-state index is 13.3. The Morgan fingerprint density at radius 2 is 1.90 bits per heavy atom. The van der Waals surface area contributed by atoms with Crippen LogP contribution in [0.4, 0.5) is 14.9 Å². The van der Waals surface area contributed by atoms with Crippen molar-refractivity contribution in [3.05, 3.63) is 28.0 Å². The number of amides is 2. The van der Waals surface area contributed by atoms with Crippen LogP contribution in [0.2, 0.25) is 10.0 Å². The number of urea groups is 1. The summed E-state index contributed by atoms with van der Waals surface area (Å²) >= 11 is 11.2. The Bertz CT molecular complexity index is 541. The molecule has 20 heavy (non-hydrogen) atoms. The number of carbonyl (C=O) groups is 2. The minimum atomic E-state index is -1.10. The quantitative estimate of drug-likeness (QED) is 0.837. The van der Waals surface area contributed by atoms with Crippen molar-refractivity contribution < 1.29 is 19.1 Å². The van der Waals surface area contributed by atoms with Crippen LogP contribution in [0.1, 0.15) is 12.8 Å². The van der Waals surface area contributed by atoms with Crippen LogP contribution in [0.3, 0.4) is 0 Å². The Morgan fingerprint density at radius 3 is 2.35 bits per heavy atom. The fourth-order valence-corrected chi connectivity index (χ4v) is 2.21. The summed E-state index contributed by atoms with van der Waals surface area (Å²) in [6.07, 6.45) is 1.54. The summed E-state index contributed by atoms with van der Waals surface area (Å²) in [5.41, 5.74) is 0.211. The average Bonchev–Trinajstić information content (AvgIpc) is 3.16. The van der Waals surface area contributed by atoms with Crippen LogP contribution >= 0.6 is 23.2 Å². The number of aliphatic carboxylic acids is 1. The van der Waals surface area contributed by atoms with Crippen LogP contribution < -0.4 is 5.32 Å². The molecule has 2 amide bonds. The zero-order valence-electron chi connectivity index (χ0n) is 10.2. The third kappa shape index (κ3) is 3.52. The number of nitrogens with zero attached hydrogens (tertiary/aromatic N) is 1. The first kappa shape index (κ1) is 14.9. The first-order valence-electron chi connectivity index (χ1n) is 5.82. The maximum atomic E-state index is 13.3. The number of anilines is 1. The van der Waals surface area contributed by atoms with Crippen LogP contribution in [0.15, 0.2) is 12.1 Å². The van der Waals surface area contributed by atoms with E-state index in [-0.39, 0.29) is 28.3 Å². The monoisotopic (exact) mass is 320 g/mol. The number of hydrogen-bond donors (Lipinski definition) is 2. The lowest BCUT2D eigenvalue weighted by atomic mass is 10.3. The van der Waals surface area contributed by atoms with E-state index in [9.17, 15) is 14.0 Å². The molecule has 8 heteroatoms. The molecule has 2 rings (SSSR count). The Morgan fingerprint density at radius 1 is 1.35 bits per heavy atom. The normalized spacial score (nSPS) is 13.9. The zero-order chi connectivity index (χ0) is 14.9. The Kier molecular flexibility index (Phi) is 4.35. The molecule has 1 aromatic rings. The van der Waals surface area contributed by atoms with Gasteiger partial charge < -0.3 is 15.3 Å². The van der Waals surface area contributed by atoms with Crippen LogP contribution in [0.5, 0.6) is 0 Å². The van der Waals surface area contributed by atoms with Gasteiger partial charge in [-0.3, -0.25) is 4.79 Å². The second-order valence-electron chi connectivity index (χ2n) is 4.44. The van der Waals surface area contributed by atoms with Crippen LogP contribution in [-0.4, -0.2) is 34.6 Å². The number of halogens is 3. The molecule has 2 N–H and O–H groups in total. The maximum Gasteiger partial charge on any atom is 0.323 e. The lowest BCUT2D eigenvalue weighted by Gasteiger charge is -2.20. The largest absolute Gasteiger partial charge is 0.480 e. The summed E-state index contributed by atoms with van der Waals surface area (Å²) in [6.45, 7) is -0.390. The number of nitrogens with one attached hydrogen (secondary N) is 1. The van der Waals surface area contributed by atoms with Gasteiger partial charge in [-0.05, 0) is 25.0 Å². The van der Waals surface area contributed by atoms with Gasteiger partial charge in [0, 0.05) is 11.7 Å². The number of carboxylic acid groups (broad SMARTS) is 1. The van der Waals surface area contributed by atoms with E-state index >= 15 is 0 Å². The van der Waals surface area contributed by atoms with Crippen LogP contribution in [-0.2, 0) is 4.79 Å². The van der Waals surface area contributed by atoms with Crippen LogP contribution in [0, 0.1) is 5.82 Å². The van der Waals surface area contributed by atoms with Gasteiger partial charge in [0.15, 0.2) is 5.82 Å². The highest BCUT2D eigenvalue weighted by Crippen LogP contribution is 2.29. The Balaban J connectivity index is 2.11. The second kappa shape index (κ2) is 5.85. The lowest BCUT2D eigenvalue weighted by molar-refractivity contribution is -0.137. The van der Waals surface area contributed by atoms with Crippen molar-refractivity contribution in [1.29, 1.82) is 0 Å². The summed E-state index contributed by atoms with van der Waals surface area (Å²) < 4.78 is 13.3. The van der Waals surface area contributed by atoms with E-state index in [1.807, 2.05) is 0 Å². The molecule has 0 radical (unpaired) electrons. The van der Waals surface area contributed by atoms with E-state index in [0.717, 1.165) is 12.8 Å². The van der Waals surface area contributed by atoms with Crippen molar-refractivity contribution >= 4 is 40.9 Å². The topological polar surface area (TPSA) is 69.6 Å². The van der Waals surface area contributed by atoms with Crippen molar-refractivity contribution in [2.24, 2.45) is 0 Å². The minimum absolute atomic E-state index is 0.0718. The minimum Gasteiger partial charge on any atom is -0.480 e. The predicted molar refractivity (Wildman–Crippen MR) is 72.8 cm³/mol. The highest BCUT2D eigenvalue weighted by molar-refractivity contribution is 6.35. The van der Waals surface area contributed by atoms with Crippen molar-refractivity contribution in [3.8, 4) is 0 Å². The Hall–Kier alpha value is -1.53. The highest BCUT2D eigenvalue weighted by atomic mass is 35.5. The zero-order valence-corrected chi connectivity index (χ0v) is 11.7. The fourth-order valence-electron chi connectivity index (χ4n) is 1.72. The summed E-state index contributed by atoms with van der Waals surface area (Å²) in [5, 5.41) is 10.8. The molecular weight excluding hydrogens is 310 g/mol. The van der Waals surface area contributed by atoms with Crippen molar-refractivity contribution in [2.45, 2.75) is 18.9 Å². The molecule has 1 saturated carbocycles. The molecule has 1 aliphatic rings. The van der Waals surface area contributed by atoms with E-state index in [4.69, 9.17) is 28.3 Å². The van der Waals surface area contributed by atoms with Gasteiger partial charge in [0.1, 0.15) is 6.54 Å². The molecule has 0 aliphatic heterocycles. The molecule has 1 aliphatic carbocycles. The molecule has 5 nitrogen and oxygen atoms in total. The van der Waals surface area contributed by atoms with Crippen molar-refractivity contribution in [3.63, 3.8) is 0 Å². The molecule has 108 valence electrons. The summed E-state index contributed by atoms with van der Waals surface area (Å²) in [7, 11) is 0. The Labute approximate surface area is 124 Å². The first-order valence-corrected chi connectivity index (χ1v) is 6.58. The fraction of sp³-hybridized carbons (Fsp3) is 0.333. The summed E-state index contributed by atoms with van der Waals surface area (Å²) in [5.74, 6) is -1.86. The van der Waals surface area contributed by atoms with Gasteiger partial charge >= 0.3 is 12.0 Å². The molecular formula is C12H11Cl2FN2O3. The van der Waals surface area contributed by atoms with E-state index in [2.05, 4.69) is 5.32 Å². The van der Waals surface area contributed by atoms with E-state index in [0.29, 0.717) is 0 Å². The molecule has 1 fully saturated rings. The third-order valence-corrected chi connectivity index (χ3v) is 3.34. The van der Waals surface area contributed by atoms with Gasteiger partial charge in [-0.1, -0.05) is 23.2 Å². The SMILES string of the molecule is O=C(O)CN(C(=O)Nc1cc(Cl)c(F)c(Cl)c1)C1CC1. The first-order chi connectivity index (χ1) is 9.38. The molecule has 0 aromatic heterocycles. The molecule has 0 heterocycles. The number of hydrogen-bond acceptors (Lipinski definition) is 2. The van der Waals surface area contributed by atoms with E-state index < -0.39 is 17.8 Å². The van der Waals surface area contributed by atoms with Gasteiger partial charge in [-0.25, -0.2) is 9.18 Å². The third-order valence-electron chi connectivity index (χ3n) is 2.79. The lowest BCUT2D eigenvalue weighted by Crippen LogP contribution is -2.40. The molecule has 0 atom stereocenters. The van der Waals surface area contributed by atoms with Gasteiger partial charge in [-0.15, -0.1) is 0 Å². The number of benzene rings is 1. The average molecular weight is 321 g/mol. The van der Waals surface area contributed by atoms with Crippen molar-refractivity contribution in [2.75, 3.05) is 11.9 Å². The molecule has 0 bridgehead atoms. The second-order valence-corrected chi connectivity index (χ2v) is 5.25. The van der Waals surface area contributed by atoms with E-state index in [1.165, 1.54) is 17.0 Å². The summed E-state index contributed by atoms with van der Waals surface area (Å²) in [6, 6.07) is 1.78. The number of carboxylic acids is 1. The number of rotatable bonds is 4. The smallest absolute Gasteiger partial charge is 0.323 e. The van der Waals surface area contributed by atoms with Gasteiger partial charge in [0.05, 0.1) is 10.0 Å². The highest BCUT2D eigenvalue weighted by Gasteiger charge is 2.34. The van der Waals surface area contributed by atoms with Gasteiger partial charge in [0.2, 0.25) is 0 Å². The van der Waals surface area contributed by atoms with Crippen LogP contribution in [0.25, 0.3) is 0 Å². The molecule has 0 spiro atoms. The van der Waals surface area contributed by atoms with Gasteiger partial charge in [0.25, 0.3) is 0 Å².